The number of unbranched alkanes of at least 4 members (excludes halogenated alkanes) is 6. The molecule has 0 amide bonds. The fourth-order valence-corrected chi connectivity index (χ4v) is 2.13. The smallest absolute Gasteiger partial charge is 0.338 e. The van der Waals surface area contributed by atoms with Crippen LogP contribution in [0.3, 0.4) is 0 Å². The lowest BCUT2D eigenvalue weighted by Crippen LogP contribution is -2.06. The van der Waals surface area contributed by atoms with Gasteiger partial charge in [0.25, 0.3) is 0 Å². The van der Waals surface area contributed by atoms with Crippen LogP contribution < -0.4 is 0 Å². The van der Waals surface area contributed by atoms with Crippen molar-refractivity contribution in [3.8, 4) is 5.75 Å². The molecule has 0 unspecified atom stereocenters. The van der Waals surface area contributed by atoms with E-state index in [4.69, 9.17) is 9.84 Å². The van der Waals surface area contributed by atoms with Gasteiger partial charge in [-0.25, -0.2) is 4.79 Å². The number of rotatable bonds is 11. The van der Waals surface area contributed by atoms with Gasteiger partial charge in [0.15, 0.2) is 0 Å². The molecule has 0 heterocycles. The highest BCUT2D eigenvalue weighted by atomic mass is 16.5. The first kappa shape index (κ1) is 18.3. The Hall–Kier alpha value is -1.77. The minimum atomic E-state index is -0.323. The van der Waals surface area contributed by atoms with Crippen molar-refractivity contribution in [3.63, 3.8) is 0 Å². The molecule has 22 heavy (non-hydrogen) atoms. The molecule has 0 aliphatic rings. The van der Waals surface area contributed by atoms with Crippen molar-refractivity contribution in [3.05, 3.63) is 42.0 Å². The van der Waals surface area contributed by atoms with E-state index in [-0.39, 0.29) is 11.7 Å². The summed E-state index contributed by atoms with van der Waals surface area (Å²) in [5.74, 6) is -0.171. The van der Waals surface area contributed by atoms with Crippen LogP contribution in [0.15, 0.2) is 36.4 Å². The van der Waals surface area contributed by atoms with Gasteiger partial charge in [-0.05, 0) is 62.8 Å². The van der Waals surface area contributed by atoms with E-state index in [2.05, 4.69) is 19.1 Å². The summed E-state index contributed by atoms with van der Waals surface area (Å²) in [4.78, 5) is 11.7. The fourth-order valence-electron chi connectivity index (χ4n) is 2.13. The second kappa shape index (κ2) is 11.8. The molecule has 1 aromatic rings. The van der Waals surface area contributed by atoms with Gasteiger partial charge in [0.1, 0.15) is 5.75 Å². The zero-order chi connectivity index (χ0) is 16.0. The minimum Gasteiger partial charge on any atom is -0.508 e. The average molecular weight is 304 g/mol. The van der Waals surface area contributed by atoms with Gasteiger partial charge in [-0.1, -0.05) is 31.9 Å². The monoisotopic (exact) mass is 304 g/mol. The predicted octanol–water partition coefficient (Wildman–Crippen LogP) is 5.25. The van der Waals surface area contributed by atoms with Crippen LogP contribution in [-0.2, 0) is 4.74 Å². The molecule has 0 spiro atoms. The van der Waals surface area contributed by atoms with E-state index >= 15 is 0 Å². The Morgan fingerprint density at radius 2 is 1.64 bits per heavy atom. The zero-order valence-corrected chi connectivity index (χ0v) is 13.6. The molecule has 0 aliphatic heterocycles. The Morgan fingerprint density at radius 1 is 1.00 bits per heavy atom. The number of phenolic OH excluding ortho intramolecular Hbond substituents is 1. The highest BCUT2D eigenvalue weighted by molar-refractivity contribution is 5.89. The van der Waals surface area contributed by atoms with E-state index < -0.39 is 0 Å². The number of aromatic hydroxyl groups is 1. The van der Waals surface area contributed by atoms with E-state index in [0.717, 1.165) is 25.7 Å². The molecule has 1 aromatic carbocycles. The van der Waals surface area contributed by atoms with E-state index in [1.54, 1.807) is 12.1 Å². The fraction of sp³-hybridized carbons (Fsp3) is 0.526. The number of carbonyl (C=O) groups is 1. The Balaban J connectivity index is 1.99. The molecule has 0 aromatic heterocycles. The maximum absolute atomic E-state index is 11.7. The van der Waals surface area contributed by atoms with Crippen molar-refractivity contribution in [2.24, 2.45) is 0 Å². The number of phenols is 1. The molecular weight excluding hydrogens is 276 g/mol. The molecule has 0 bridgehead atoms. The molecule has 1 N–H and O–H groups in total. The van der Waals surface area contributed by atoms with Crippen LogP contribution in [0, 0.1) is 0 Å². The van der Waals surface area contributed by atoms with E-state index in [9.17, 15) is 4.79 Å². The molecule has 0 saturated heterocycles. The molecule has 0 aliphatic carbocycles. The number of esters is 1. The van der Waals surface area contributed by atoms with Crippen molar-refractivity contribution < 1.29 is 14.6 Å². The van der Waals surface area contributed by atoms with Crippen molar-refractivity contribution >= 4 is 5.97 Å². The number of hydrogen-bond acceptors (Lipinski definition) is 3. The number of benzene rings is 1. The van der Waals surface area contributed by atoms with Crippen molar-refractivity contribution in [1.29, 1.82) is 0 Å². The Kier molecular flexibility index (Phi) is 9.84. The summed E-state index contributed by atoms with van der Waals surface area (Å²) < 4.78 is 5.20. The minimum absolute atomic E-state index is 0.152. The van der Waals surface area contributed by atoms with Gasteiger partial charge in [0, 0.05) is 0 Å². The van der Waals surface area contributed by atoms with Gasteiger partial charge in [-0.3, -0.25) is 0 Å². The Bertz CT molecular complexity index is 434. The van der Waals surface area contributed by atoms with Crippen LogP contribution in [0.1, 0.15) is 68.6 Å². The number of carbonyl (C=O) groups excluding carboxylic acids is 1. The highest BCUT2D eigenvalue weighted by Crippen LogP contribution is 2.11. The molecule has 0 radical (unpaired) electrons. The van der Waals surface area contributed by atoms with Crippen LogP contribution in [-0.4, -0.2) is 17.7 Å². The Labute approximate surface area is 134 Å². The molecule has 0 fully saturated rings. The molecular formula is C19H28O3. The molecule has 0 atom stereocenters. The first-order chi connectivity index (χ1) is 10.7. The third-order valence-corrected chi connectivity index (χ3v) is 3.49. The maximum atomic E-state index is 11.7. The number of hydrogen-bond donors (Lipinski definition) is 1. The van der Waals surface area contributed by atoms with E-state index in [1.165, 1.54) is 37.8 Å². The largest absolute Gasteiger partial charge is 0.508 e. The van der Waals surface area contributed by atoms with Crippen LogP contribution in [0.2, 0.25) is 0 Å². The van der Waals surface area contributed by atoms with Crippen molar-refractivity contribution in [2.45, 2.75) is 58.3 Å². The number of allylic oxidation sites excluding steroid dienone is 2. The standard InChI is InChI=1S/C19H28O3/c1-2-3-4-5-6-7-8-9-10-11-16-22-19(21)17-12-14-18(20)15-13-17/h6-7,12-15,20H,2-5,8-11,16H2,1H3/b7-6+. The topological polar surface area (TPSA) is 46.5 Å². The lowest BCUT2D eigenvalue weighted by atomic mass is 10.1. The predicted molar refractivity (Wildman–Crippen MR) is 90.1 cm³/mol. The quantitative estimate of drug-likeness (QED) is 0.345. The van der Waals surface area contributed by atoms with Gasteiger partial charge in [0.05, 0.1) is 12.2 Å². The SMILES string of the molecule is CCCCC/C=C/CCCCCOC(=O)c1ccc(O)cc1. The normalized spacial score (nSPS) is 11.0. The van der Waals surface area contributed by atoms with Crippen LogP contribution in [0.5, 0.6) is 5.75 Å². The van der Waals surface area contributed by atoms with Gasteiger partial charge in [-0.15, -0.1) is 0 Å². The second-order valence-corrected chi connectivity index (χ2v) is 5.50. The summed E-state index contributed by atoms with van der Waals surface area (Å²) >= 11 is 0. The van der Waals surface area contributed by atoms with Crippen molar-refractivity contribution in [1.82, 2.24) is 0 Å². The van der Waals surface area contributed by atoms with Gasteiger partial charge in [-0.2, -0.15) is 0 Å². The molecule has 122 valence electrons. The average Bonchev–Trinajstić information content (AvgIpc) is 2.53. The zero-order valence-electron chi connectivity index (χ0n) is 13.6. The van der Waals surface area contributed by atoms with E-state index in [0.29, 0.717) is 12.2 Å². The van der Waals surface area contributed by atoms with Crippen LogP contribution in [0.25, 0.3) is 0 Å². The second-order valence-electron chi connectivity index (χ2n) is 5.50. The molecule has 3 nitrogen and oxygen atoms in total. The highest BCUT2D eigenvalue weighted by Gasteiger charge is 2.05. The van der Waals surface area contributed by atoms with Gasteiger partial charge >= 0.3 is 5.97 Å². The lowest BCUT2D eigenvalue weighted by molar-refractivity contribution is 0.0498. The first-order valence-electron chi connectivity index (χ1n) is 8.35. The van der Waals surface area contributed by atoms with Crippen LogP contribution in [0.4, 0.5) is 0 Å². The van der Waals surface area contributed by atoms with Gasteiger partial charge in [0.2, 0.25) is 0 Å². The summed E-state index contributed by atoms with van der Waals surface area (Å²) in [6, 6.07) is 6.12. The number of ether oxygens (including phenoxy) is 1. The lowest BCUT2D eigenvalue weighted by Gasteiger charge is -2.04. The summed E-state index contributed by atoms with van der Waals surface area (Å²) in [5, 5.41) is 9.16. The van der Waals surface area contributed by atoms with Crippen LogP contribution >= 0.6 is 0 Å². The third-order valence-electron chi connectivity index (χ3n) is 3.49. The first-order valence-corrected chi connectivity index (χ1v) is 8.35. The molecule has 3 heteroatoms. The Morgan fingerprint density at radius 3 is 2.27 bits per heavy atom. The van der Waals surface area contributed by atoms with E-state index in [1.807, 2.05) is 0 Å². The molecule has 0 saturated carbocycles. The molecule has 1 rings (SSSR count). The van der Waals surface area contributed by atoms with Gasteiger partial charge < -0.3 is 9.84 Å². The summed E-state index contributed by atoms with van der Waals surface area (Å²) in [6.45, 7) is 2.68. The summed E-state index contributed by atoms with van der Waals surface area (Å²) in [6.07, 6.45) is 13.8. The third kappa shape index (κ3) is 8.50. The summed E-state index contributed by atoms with van der Waals surface area (Å²) in [7, 11) is 0. The van der Waals surface area contributed by atoms with Crippen molar-refractivity contribution in [2.75, 3.05) is 6.61 Å². The summed E-state index contributed by atoms with van der Waals surface area (Å²) in [5.41, 5.74) is 0.479. The maximum Gasteiger partial charge on any atom is 0.338 e.